The van der Waals surface area contributed by atoms with Crippen LogP contribution < -0.4 is 20.7 Å². The minimum atomic E-state index is -4.92. The van der Waals surface area contributed by atoms with Crippen LogP contribution in [-0.4, -0.2) is 74.1 Å². The molecule has 1 aliphatic rings. The average Bonchev–Trinajstić information content (AvgIpc) is 3.05. The van der Waals surface area contributed by atoms with E-state index in [0.717, 1.165) is 6.07 Å². The topological polar surface area (TPSA) is 292 Å². The fourth-order valence-electron chi connectivity index (χ4n) is 4.39. The maximum absolute atomic E-state index is 13.0. The number of fused-ring (bicyclic) bond motifs is 1. The number of carbonyl (C=O) groups excluding carboxylic acids is 4. The maximum Gasteiger partial charge on any atom is 0.328 e. The highest BCUT2D eigenvalue weighted by Crippen LogP contribution is 2.33. The molecule has 258 valence electrons. The van der Waals surface area contributed by atoms with Crippen molar-refractivity contribution in [2.75, 3.05) is 18.5 Å². The summed E-state index contributed by atoms with van der Waals surface area (Å²) in [6.07, 6.45) is 0. The number of barbiturate groups is 1. The molecule has 0 unspecified atom stereocenters. The van der Waals surface area contributed by atoms with Gasteiger partial charge in [0.15, 0.2) is 0 Å². The highest BCUT2D eigenvalue weighted by atomic mass is 32.2. The molecule has 19 nitrogen and oxygen atoms in total. The van der Waals surface area contributed by atoms with E-state index in [-0.39, 0.29) is 58.0 Å². The second-order valence-corrected chi connectivity index (χ2v) is 13.0. The number of aliphatic hydroxyl groups excluding tert-OH is 1. The van der Waals surface area contributed by atoms with Gasteiger partial charge in [-0.15, -0.1) is 0 Å². The fourth-order valence-corrected chi connectivity index (χ4v) is 5.74. The molecule has 50 heavy (non-hydrogen) atoms. The number of hydrogen-bond donors (Lipinski definition) is 6. The predicted molar refractivity (Wildman–Crippen MR) is 171 cm³/mol. The number of nitrogens with one attached hydrogen (secondary N) is 3. The Bertz CT molecular complexity index is 2310. The molecule has 5 rings (SSSR count). The van der Waals surface area contributed by atoms with Gasteiger partial charge in [-0.05, 0) is 66.0 Å². The van der Waals surface area contributed by atoms with E-state index in [1.165, 1.54) is 60.7 Å². The van der Waals surface area contributed by atoms with Crippen LogP contribution in [0.3, 0.4) is 0 Å². The van der Waals surface area contributed by atoms with Crippen LogP contribution in [0.2, 0.25) is 0 Å². The largest absolute Gasteiger partial charge is 0.489 e. The van der Waals surface area contributed by atoms with Gasteiger partial charge in [-0.1, -0.05) is 6.07 Å². The molecule has 0 bridgehead atoms. The van der Waals surface area contributed by atoms with Crippen molar-refractivity contribution in [1.29, 1.82) is 0 Å². The third-order valence-corrected chi connectivity index (χ3v) is 8.41. The number of azo groups is 2. The number of nitrogens with zero attached hydrogens (tertiary/aromatic N) is 4. The maximum atomic E-state index is 13.0. The zero-order valence-electron chi connectivity index (χ0n) is 25.0. The Labute approximate surface area is 281 Å². The molecule has 1 aliphatic heterocycles. The molecule has 1 fully saturated rings. The van der Waals surface area contributed by atoms with E-state index in [0.29, 0.717) is 6.07 Å². The minimum Gasteiger partial charge on any atom is -0.489 e. The molecule has 0 radical (unpaired) electrons. The van der Waals surface area contributed by atoms with E-state index >= 15 is 0 Å². The standard InChI is InChI=1S/C29H23N7O12S2/c37-9-10-48-23-13-19(35-34-18-6-3-16-11-20(49(42,43)44)14-24(21(16)12-18)50(45,46)47)7-8-22(23)30-26(38)15-1-4-17(5-2-15)33-36-25-27(39)31-29(41)32-28(25)40/h1-8,11-14,25,37H,9-10H2,(H,30,38)(H,42,43,44)(H,45,46,47)(H2,31,32,39,40,41). The van der Waals surface area contributed by atoms with Crippen molar-refractivity contribution in [1.82, 2.24) is 10.6 Å². The number of carbonyl (C=O) groups is 4. The molecular formula is C29H23N7O12S2. The van der Waals surface area contributed by atoms with Crippen molar-refractivity contribution in [3.05, 3.63) is 78.4 Å². The number of aliphatic hydroxyl groups is 1. The first-order valence-corrected chi connectivity index (χ1v) is 16.8. The average molecular weight is 726 g/mol. The Hall–Kier alpha value is -6.00. The second kappa shape index (κ2) is 14.2. The minimum absolute atomic E-state index is 0.0618. The lowest BCUT2D eigenvalue weighted by Crippen LogP contribution is -2.57. The van der Waals surface area contributed by atoms with Crippen LogP contribution in [0.1, 0.15) is 10.4 Å². The van der Waals surface area contributed by atoms with Gasteiger partial charge in [0.25, 0.3) is 38.0 Å². The lowest BCUT2D eigenvalue weighted by Gasteiger charge is -2.16. The number of urea groups is 1. The van der Waals surface area contributed by atoms with Gasteiger partial charge in [-0.2, -0.15) is 37.3 Å². The number of anilines is 1. The normalized spacial score (nSPS) is 14.3. The third-order valence-electron chi connectivity index (χ3n) is 6.68. The van der Waals surface area contributed by atoms with Crippen LogP contribution in [0.25, 0.3) is 10.8 Å². The first-order valence-electron chi connectivity index (χ1n) is 13.9. The van der Waals surface area contributed by atoms with Gasteiger partial charge in [-0.3, -0.25) is 34.1 Å². The summed E-state index contributed by atoms with van der Waals surface area (Å²) in [6.45, 7) is -0.509. The number of ether oxygens (including phenoxy) is 1. The molecule has 4 aromatic carbocycles. The van der Waals surface area contributed by atoms with Crippen molar-refractivity contribution in [2.24, 2.45) is 20.5 Å². The van der Waals surface area contributed by atoms with Gasteiger partial charge in [0.2, 0.25) is 6.04 Å². The molecule has 0 aromatic heterocycles. The number of hydrogen-bond acceptors (Lipinski definition) is 14. The lowest BCUT2D eigenvalue weighted by atomic mass is 10.1. The van der Waals surface area contributed by atoms with Crippen LogP contribution in [0.4, 0.5) is 27.5 Å². The number of benzene rings is 4. The van der Waals surface area contributed by atoms with E-state index in [4.69, 9.17) is 4.74 Å². The SMILES string of the molecule is O=C1NC(=O)C(N=Nc2ccc(C(=O)Nc3ccc(N=Nc4ccc5cc(S(=O)(=O)O)cc(S(=O)(=O)O)c5c4)cc3OCCO)cc2)C(=O)N1. The van der Waals surface area contributed by atoms with E-state index in [2.05, 4.69) is 25.8 Å². The third kappa shape index (κ3) is 8.34. The summed E-state index contributed by atoms with van der Waals surface area (Å²) in [6, 6.07) is 12.9. The molecule has 21 heteroatoms. The van der Waals surface area contributed by atoms with Crippen LogP contribution in [-0.2, 0) is 29.8 Å². The van der Waals surface area contributed by atoms with Gasteiger partial charge >= 0.3 is 6.03 Å². The number of amides is 5. The molecule has 1 saturated heterocycles. The summed E-state index contributed by atoms with van der Waals surface area (Å²) < 4.78 is 71.8. The van der Waals surface area contributed by atoms with Crippen molar-refractivity contribution in [3.8, 4) is 5.75 Å². The fraction of sp³-hybridized carbons (Fsp3) is 0.103. The van der Waals surface area contributed by atoms with Gasteiger partial charge in [0.05, 0.1) is 34.3 Å². The summed E-state index contributed by atoms with van der Waals surface area (Å²) >= 11 is 0. The first-order chi connectivity index (χ1) is 23.6. The molecule has 4 aromatic rings. The summed E-state index contributed by atoms with van der Waals surface area (Å²) in [7, 11) is -9.72. The summed E-state index contributed by atoms with van der Waals surface area (Å²) in [5, 5.41) is 31.3. The van der Waals surface area contributed by atoms with E-state index in [1.54, 1.807) is 0 Å². The van der Waals surface area contributed by atoms with Crippen LogP contribution in [0, 0.1) is 0 Å². The van der Waals surface area contributed by atoms with E-state index in [1.807, 2.05) is 10.6 Å². The highest BCUT2D eigenvalue weighted by Gasteiger charge is 2.34. The monoisotopic (exact) mass is 725 g/mol. The zero-order valence-corrected chi connectivity index (χ0v) is 26.7. The van der Waals surface area contributed by atoms with Gasteiger partial charge < -0.3 is 15.2 Å². The number of imide groups is 2. The second-order valence-electron chi connectivity index (χ2n) is 10.2. The zero-order chi connectivity index (χ0) is 36.2. The van der Waals surface area contributed by atoms with E-state index < -0.39 is 59.8 Å². The van der Waals surface area contributed by atoms with E-state index in [9.17, 15) is 50.2 Å². The Kier molecular flexibility index (Phi) is 10.1. The van der Waals surface area contributed by atoms with Gasteiger partial charge in [0.1, 0.15) is 17.3 Å². The molecule has 0 saturated carbocycles. The van der Waals surface area contributed by atoms with Crippen molar-refractivity contribution < 1.29 is 55.0 Å². The molecule has 1 heterocycles. The van der Waals surface area contributed by atoms with Crippen LogP contribution in [0.15, 0.2) is 103 Å². The molecule has 0 spiro atoms. The molecular weight excluding hydrogens is 702 g/mol. The Morgan fingerprint density at radius 2 is 1.40 bits per heavy atom. The molecule has 6 N–H and O–H groups in total. The molecule has 0 aliphatic carbocycles. The number of rotatable bonds is 11. The summed E-state index contributed by atoms with van der Waals surface area (Å²) in [4.78, 5) is 46.3. The van der Waals surface area contributed by atoms with Crippen LogP contribution in [0.5, 0.6) is 5.75 Å². The lowest BCUT2D eigenvalue weighted by molar-refractivity contribution is -0.131. The summed E-state index contributed by atoms with van der Waals surface area (Å²) in [5.74, 6) is -2.36. The van der Waals surface area contributed by atoms with Crippen LogP contribution >= 0.6 is 0 Å². The smallest absolute Gasteiger partial charge is 0.328 e. The van der Waals surface area contributed by atoms with Crippen molar-refractivity contribution in [2.45, 2.75) is 15.8 Å². The highest BCUT2D eigenvalue weighted by molar-refractivity contribution is 7.86. The Morgan fingerprint density at radius 1 is 0.780 bits per heavy atom. The van der Waals surface area contributed by atoms with Crippen molar-refractivity contribution >= 4 is 77.5 Å². The Balaban J connectivity index is 1.34. The molecule has 5 amide bonds. The van der Waals surface area contributed by atoms with Gasteiger partial charge in [0, 0.05) is 17.0 Å². The molecule has 0 atom stereocenters. The first kappa shape index (κ1) is 35.3. The Morgan fingerprint density at radius 3 is 2.02 bits per heavy atom. The summed E-state index contributed by atoms with van der Waals surface area (Å²) in [5.41, 5.74) is 0.856. The quantitative estimate of drug-likeness (QED) is 0.0738. The predicted octanol–water partition coefficient (Wildman–Crippen LogP) is 3.19. The van der Waals surface area contributed by atoms with Gasteiger partial charge in [-0.25, -0.2) is 4.79 Å². The van der Waals surface area contributed by atoms with Crippen molar-refractivity contribution in [3.63, 3.8) is 0 Å².